The van der Waals surface area contributed by atoms with E-state index in [0.717, 1.165) is 50.2 Å². The monoisotopic (exact) mass is 465 g/mol. The fraction of sp³-hybridized carbons (Fsp3) is 0.464. The minimum atomic E-state index is -0.333. The lowest BCUT2D eigenvalue weighted by Gasteiger charge is -2.31. The highest BCUT2D eigenvalue weighted by atomic mass is 16.1. The Balaban J connectivity index is 0.00000129. The number of benzene rings is 2. The Hall–Kier alpha value is -2.67. The number of likely N-dealkylation sites (N-methyl/N-ethyl adjacent to an activating group) is 1. The molecule has 2 aromatic carbocycles. The van der Waals surface area contributed by atoms with Crippen LogP contribution < -0.4 is 10.6 Å². The van der Waals surface area contributed by atoms with Gasteiger partial charge in [-0.2, -0.15) is 0 Å². The van der Waals surface area contributed by atoms with E-state index in [-0.39, 0.29) is 12.1 Å². The lowest BCUT2D eigenvalue weighted by atomic mass is 9.86. The molecule has 2 aromatic rings. The Kier molecular flexibility index (Phi) is 12.4. The van der Waals surface area contributed by atoms with Crippen LogP contribution in [0.15, 0.2) is 48.5 Å². The predicted octanol–water partition coefficient (Wildman–Crippen LogP) is 3.60. The summed E-state index contributed by atoms with van der Waals surface area (Å²) in [4.78, 5) is 35.6. The number of nitrogens with zero attached hydrogens (tertiary/aromatic N) is 1. The van der Waals surface area contributed by atoms with Crippen LogP contribution in [-0.2, 0) is 22.6 Å². The Morgan fingerprint density at radius 2 is 1.82 bits per heavy atom. The maximum absolute atomic E-state index is 11.6. The van der Waals surface area contributed by atoms with Crippen LogP contribution in [0.4, 0.5) is 0 Å². The minimum Gasteiger partial charge on any atom is -0.323 e. The number of carbonyl (C=O) groups is 3. The number of aldehydes is 3. The number of hydrogen-bond acceptors (Lipinski definition) is 6. The molecule has 6 heteroatoms. The van der Waals surface area contributed by atoms with Gasteiger partial charge in [-0.25, -0.2) is 0 Å². The average molecular weight is 466 g/mol. The van der Waals surface area contributed by atoms with E-state index in [9.17, 15) is 14.4 Å². The van der Waals surface area contributed by atoms with Gasteiger partial charge in [-0.3, -0.25) is 9.69 Å². The standard InChI is InChI=1S/C26H32N2O3.C2H7N/c1-28(25(19-31)8-5-13-29)17-24-15-22(10-11-23(24)18-30)26-12-9-21(16-27-26)14-20-6-3-2-4-7-20;1-3-2/h2-4,6-7,10-11,13,15,18-19,21,25-27H,5,8-9,12,14,16-17H2,1H3;3H,1-2H3. The van der Waals surface area contributed by atoms with E-state index in [0.29, 0.717) is 30.9 Å². The number of rotatable bonds is 11. The second kappa shape index (κ2) is 15.3. The molecule has 1 aliphatic heterocycles. The third-order valence-electron chi connectivity index (χ3n) is 6.30. The fourth-order valence-electron chi connectivity index (χ4n) is 4.43. The Labute approximate surface area is 204 Å². The molecule has 0 aromatic heterocycles. The van der Waals surface area contributed by atoms with Crippen LogP contribution >= 0.6 is 0 Å². The highest BCUT2D eigenvalue weighted by molar-refractivity contribution is 5.77. The van der Waals surface area contributed by atoms with Crippen molar-refractivity contribution in [1.29, 1.82) is 0 Å². The lowest BCUT2D eigenvalue weighted by Crippen LogP contribution is -2.34. The summed E-state index contributed by atoms with van der Waals surface area (Å²) in [5.74, 6) is 0.629. The van der Waals surface area contributed by atoms with Crippen LogP contribution in [-0.4, -0.2) is 57.5 Å². The van der Waals surface area contributed by atoms with Crippen LogP contribution in [0.5, 0.6) is 0 Å². The van der Waals surface area contributed by atoms with Gasteiger partial charge in [0.15, 0.2) is 0 Å². The third-order valence-corrected chi connectivity index (χ3v) is 6.30. The van der Waals surface area contributed by atoms with Gasteiger partial charge >= 0.3 is 0 Å². The first kappa shape index (κ1) is 27.6. The Morgan fingerprint density at radius 1 is 1.09 bits per heavy atom. The molecule has 0 radical (unpaired) electrons. The van der Waals surface area contributed by atoms with Gasteiger partial charge in [0.1, 0.15) is 18.9 Å². The van der Waals surface area contributed by atoms with Crippen molar-refractivity contribution in [2.24, 2.45) is 5.92 Å². The van der Waals surface area contributed by atoms with E-state index in [4.69, 9.17) is 0 Å². The quantitative estimate of drug-likeness (QED) is 0.494. The molecule has 0 spiro atoms. The van der Waals surface area contributed by atoms with E-state index in [2.05, 4.69) is 47.0 Å². The summed E-state index contributed by atoms with van der Waals surface area (Å²) in [6.45, 7) is 1.47. The smallest absolute Gasteiger partial charge is 0.150 e. The van der Waals surface area contributed by atoms with Crippen molar-refractivity contribution in [1.82, 2.24) is 15.5 Å². The fourth-order valence-corrected chi connectivity index (χ4v) is 4.43. The molecule has 0 amide bonds. The molecule has 1 fully saturated rings. The first-order chi connectivity index (χ1) is 16.6. The molecule has 3 atom stereocenters. The Bertz CT molecular complexity index is 880. The van der Waals surface area contributed by atoms with Gasteiger partial charge in [-0.15, -0.1) is 0 Å². The van der Waals surface area contributed by atoms with E-state index in [1.165, 1.54) is 11.1 Å². The summed E-state index contributed by atoms with van der Waals surface area (Å²) in [7, 11) is 5.61. The highest BCUT2D eigenvalue weighted by Crippen LogP contribution is 2.29. The summed E-state index contributed by atoms with van der Waals surface area (Å²) >= 11 is 0. The van der Waals surface area contributed by atoms with Gasteiger partial charge in [-0.05, 0) is 76.0 Å². The van der Waals surface area contributed by atoms with Gasteiger partial charge in [-0.1, -0.05) is 48.5 Å². The van der Waals surface area contributed by atoms with Gasteiger partial charge in [0.2, 0.25) is 0 Å². The first-order valence-corrected chi connectivity index (χ1v) is 12.1. The summed E-state index contributed by atoms with van der Waals surface area (Å²) in [5.41, 5.74) is 4.13. The van der Waals surface area contributed by atoms with E-state index in [1.807, 2.05) is 38.2 Å². The molecule has 1 heterocycles. The van der Waals surface area contributed by atoms with E-state index < -0.39 is 0 Å². The average Bonchev–Trinajstić information content (AvgIpc) is 2.86. The molecule has 6 nitrogen and oxygen atoms in total. The van der Waals surface area contributed by atoms with Gasteiger partial charge in [0, 0.05) is 24.6 Å². The number of nitrogens with one attached hydrogen (secondary N) is 2. The largest absolute Gasteiger partial charge is 0.323 e. The van der Waals surface area contributed by atoms with Crippen molar-refractivity contribution in [3.63, 3.8) is 0 Å². The van der Waals surface area contributed by atoms with Gasteiger partial charge in [0.25, 0.3) is 0 Å². The topological polar surface area (TPSA) is 78.5 Å². The third kappa shape index (κ3) is 8.60. The summed E-state index contributed by atoms with van der Waals surface area (Å²) in [6.07, 6.45) is 6.74. The van der Waals surface area contributed by atoms with Gasteiger partial charge in [0.05, 0.1) is 6.04 Å². The molecular weight excluding hydrogens is 426 g/mol. The second-order valence-corrected chi connectivity index (χ2v) is 9.03. The Morgan fingerprint density at radius 3 is 2.41 bits per heavy atom. The normalized spacial score (nSPS) is 18.5. The molecule has 34 heavy (non-hydrogen) atoms. The van der Waals surface area contributed by atoms with Crippen molar-refractivity contribution in [2.45, 2.75) is 50.7 Å². The van der Waals surface area contributed by atoms with E-state index >= 15 is 0 Å². The molecule has 0 bridgehead atoms. The van der Waals surface area contributed by atoms with Crippen molar-refractivity contribution >= 4 is 18.9 Å². The maximum atomic E-state index is 11.6. The molecule has 1 aliphatic rings. The molecule has 0 aliphatic carbocycles. The van der Waals surface area contributed by atoms with Crippen LogP contribution in [0.1, 0.15) is 58.8 Å². The zero-order valence-corrected chi connectivity index (χ0v) is 20.7. The molecule has 3 unspecified atom stereocenters. The first-order valence-electron chi connectivity index (χ1n) is 12.1. The van der Waals surface area contributed by atoms with Crippen LogP contribution in [0, 0.1) is 5.92 Å². The maximum Gasteiger partial charge on any atom is 0.150 e. The lowest BCUT2D eigenvalue weighted by molar-refractivity contribution is -0.113. The highest BCUT2D eigenvalue weighted by Gasteiger charge is 2.23. The van der Waals surface area contributed by atoms with Crippen molar-refractivity contribution in [2.75, 3.05) is 27.7 Å². The number of piperidine rings is 1. The molecule has 2 N–H and O–H groups in total. The molecular formula is C28H39N3O3. The summed E-state index contributed by atoms with van der Waals surface area (Å²) in [5, 5.41) is 6.44. The second-order valence-electron chi connectivity index (χ2n) is 9.03. The summed E-state index contributed by atoms with van der Waals surface area (Å²) < 4.78 is 0. The van der Waals surface area contributed by atoms with Crippen LogP contribution in [0.25, 0.3) is 0 Å². The molecule has 1 saturated heterocycles. The van der Waals surface area contributed by atoms with Crippen LogP contribution in [0.3, 0.4) is 0 Å². The summed E-state index contributed by atoms with van der Waals surface area (Å²) in [6, 6.07) is 16.6. The zero-order valence-electron chi connectivity index (χ0n) is 20.7. The van der Waals surface area contributed by atoms with Crippen molar-refractivity contribution in [3.8, 4) is 0 Å². The van der Waals surface area contributed by atoms with Crippen LogP contribution in [0.2, 0.25) is 0 Å². The number of hydrogen-bond donors (Lipinski definition) is 2. The molecule has 3 rings (SSSR count). The molecule has 184 valence electrons. The number of carbonyl (C=O) groups excluding carboxylic acids is 3. The van der Waals surface area contributed by atoms with Crippen molar-refractivity contribution in [3.05, 3.63) is 70.8 Å². The SMILES string of the molecule is CN(Cc1cc(C2CCC(Cc3ccccc3)CN2)ccc1C=O)C(C=O)CCC=O.CNC. The van der Waals surface area contributed by atoms with Gasteiger partial charge < -0.3 is 20.2 Å². The van der Waals surface area contributed by atoms with E-state index in [1.54, 1.807) is 0 Å². The molecule has 0 saturated carbocycles. The zero-order chi connectivity index (χ0) is 24.8. The van der Waals surface area contributed by atoms with Crippen molar-refractivity contribution < 1.29 is 14.4 Å². The predicted molar refractivity (Wildman–Crippen MR) is 137 cm³/mol. The minimum absolute atomic E-state index is 0.272.